The molecular weight excluding hydrogens is 468 g/mol. The molecule has 1 aliphatic rings. The Morgan fingerprint density at radius 1 is 0.862 bits per heavy atom. The molecule has 0 radical (unpaired) electrons. The van der Waals surface area contributed by atoms with Gasteiger partial charge in [-0.2, -0.15) is 0 Å². The van der Waals surface area contributed by atoms with Gasteiger partial charge in [-0.25, -0.2) is 0 Å². The van der Waals surface area contributed by atoms with Crippen LogP contribution in [0.1, 0.15) is 43.7 Å². The number of rotatable bonds is 5. The van der Waals surface area contributed by atoms with Crippen LogP contribution in [0.5, 0.6) is 0 Å². The number of thioether (sulfide) groups is 1. The SMILES string of the molecule is Clc1ccc(CSc2nnc(-c3ccc(Cl)cc3Cl)n2C2CCCCC2)c(Cl)c1. The van der Waals surface area contributed by atoms with Crippen molar-refractivity contribution in [3.8, 4) is 11.4 Å². The molecule has 1 aromatic heterocycles. The molecule has 1 saturated carbocycles. The van der Waals surface area contributed by atoms with Crippen LogP contribution in [0.3, 0.4) is 0 Å². The Kier molecular flexibility index (Phi) is 6.98. The van der Waals surface area contributed by atoms with E-state index < -0.39 is 0 Å². The first-order valence-electron chi connectivity index (χ1n) is 9.50. The standard InChI is InChI=1S/C21H19Cl4N3S/c22-14-7-6-13(18(24)10-14)12-29-21-27-26-20(17-9-8-15(23)11-19(17)25)28(21)16-4-2-1-3-5-16/h6-11,16H,1-5,12H2. The fraction of sp³-hybridized carbons (Fsp3) is 0.333. The molecule has 29 heavy (non-hydrogen) atoms. The van der Waals surface area contributed by atoms with Gasteiger partial charge in [0.2, 0.25) is 0 Å². The maximum atomic E-state index is 6.49. The van der Waals surface area contributed by atoms with Crippen molar-refractivity contribution in [3.63, 3.8) is 0 Å². The molecule has 152 valence electrons. The normalized spacial score (nSPS) is 15.0. The zero-order valence-corrected chi connectivity index (χ0v) is 19.4. The monoisotopic (exact) mass is 485 g/mol. The highest BCUT2D eigenvalue weighted by Gasteiger charge is 2.25. The Bertz CT molecular complexity index is 1020. The van der Waals surface area contributed by atoms with E-state index in [-0.39, 0.29) is 0 Å². The quantitative estimate of drug-likeness (QED) is 0.339. The van der Waals surface area contributed by atoms with Gasteiger partial charge in [0.05, 0.1) is 5.02 Å². The van der Waals surface area contributed by atoms with Crippen molar-refractivity contribution in [2.45, 2.75) is 49.1 Å². The van der Waals surface area contributed by atoms with Crippen LogP contribution in [-0.4, -0.2) is 14.8 Å². The lowest BCUT2D eigenvalue weighted by Crippen LogP contribution is -2.15. The molecule has 1 fully saturated rings. The van der Waals surface area contributed by atoms with Gasteiger partial charge in [-0.1, -0.05) is 83.5 Å². The summed E-state index contributed by atoms with van der Waals surface area (Å²) >= 11 is 26.6. The molecule has 1 heterocycles. The fourth-order valence-electron chi connectivity index (χ4n) is 3.68. The number of halogens is 4. The lowest BCUT2D eigenvalue weighted by molar-refractivity contribution is 0.339. The highest BCUT2D eigenvalue weighted by atomic mass is 35.5. The molecule has 3 nitrogen and oxygen atoms in total. The fourth-order valence-corrected chi connectivity index (χ4v) is 5.74. The molecule has 0 bridgehead atoms. The number of nitrogens with zero attached hydrogens (tertiary/aromatic N) is 3. The minimum atomic E-state index is 0.365. The summed E-state index contributed by atoms with van der Waals surface area (Å²) in [5.74, 6) is 1.48. The third-order valence-electron chi connectivity index (χ3n) is 5.15. The van der Waals surface area contributed by atoms with Crippen molar-refractivity contribution in [2.75, 3.05) is 0 Å². The molecule has 3 aromatic rings. The van der Waals surface area contributed by atoms with Crippen molar-refractivity contribution in [1.29, 1.82) is 0 Å². The van der Waals surface area contributed by atoms with Crippen molar-refractivity contribution in [1.82, 2.24) is 14.8 Å². The second-order valence-electron chi connectivity index (χ2n) is 7.12. The summed E-state index contributed by atoms with van der Waals surface area (Å²) in [5.41, 5.74) is 1.87. The molecule has 8 heteroatoms. The summed E-state index contributed by atoms with van der Waals surface area (Å²) in [6, 6.07) is 11.4. The minimum absolute atomic E-state index is 0.365. The van der Waals surface area contributed by atoms with Gasteiger partial charge in [0, 0.05) is 32.4 Å². The van der Waals surface area contributed by atoms with Gasteiger partial charge in [-0.05, 0) is 48.7 Å². The molecule has 1 aliphatic carbocycles. The molecule has 4 rings (SSSR count). The average molecular weight is 487 g/mol. The van der Waals surface area contributed by atoms with Crippen LogP contribution < -0.4 is 0 Å². The summed E-state index contributed by atoms with van der Waals surface area (Å²) < 4.78 is 2.25. The Hall–Kier alpha value is -0.910. The zero-order chi connectivity index (χ0) is 20.4. The van der Waals surface area contributed by atoms with Gasteiger partial charge in [-0.3, -0.25) is 4.57 Å². The highest BCUT2D eigenvalue weighted by Crippen LogP contribution is 2.39. The van der Waals surface area contributed by atoms with Crippen LogP contribution in [0.15, 0.2) is 41.6 Å². The van der Waals surface area contributed by atoms with Crippen LogP contribution in [0.25, 0.3) is 11.4 Å². The molecule has 0 atom stereocenters. The summed E-state index contributed by atoms with van der Waals surface area (Å²) in [7, 11) is 0. The lowest BCUT2D eigenvalue weighted by Gasteiger charge is -2.26. The van der Waals surface area contributed by atoms with Crippen LogP contribution >= 0.6 is 58.2 Å². The second kappa shape index (κ2) is 9.49. The summed E-state index contributed by atoms with van der Waals surface area (Å²) in [6.45, 7) is 0. The van der Waals surface area contributed by atoms with E-state index in [2.05, 4.69) is 14.8 Å². The van der Waals surface area contributed by atoms with Gasteiger partial charge >= 0.3 is 0 Å². The third-order valence-corrected chi connectivity index (χ3v) is 7.27. The van der Waals surface area contributed by atoms with E-state index in [9.17, 15) is 0 Å². The van der Waals surface area contributed by atoms with Crippen LogP contribution in [0.2, 0.25) is 20.1 Å². The Morgan fingerprint density at radius 2 is 1.55 bits per heavy atom. The Morgan fingerprint density at radius 3 is 2.24 bits per heavy atom. The van der Waals surface area contributed by atoms with E-state index in [1.165, 1.54) is 19.3 Å². The Labute approximate surface area is 194 Å². The van der Waals surface area contributed by atoms with Crippen molar-refractivity contribution in [3.05, 3.63) is 62.1 Å². The molecule has 0 saturated heterocycles. The minimum Gasteiger partial charge on any atom is -0.299 e. The highest BCUT2D eigenvalue weighted by molar-refractivity contribution is 7.98. The van der Waals surface area contributed by atoms with Crippen molar-refractivity contribution in [2.24, 2.45) is 0 Å². The maximum Gasteiger partial charge on any atom is 0.192 e. The molecular formula is C21H19Cl4N3S. The first kappa shape index (κ1) is 21.3. The number of hydrogen-bond donors (Lipinski definition) is 0. The topological polar surface area (TPSA) is 30.7 Å². The maximum absolute atomic E-state index is 6.49. The molecule has 0 aliphatic heterocycles. The lowest BCUT2D eigenvalue weighted by atomic mass is 9.95. The second-order valence-corrected chi connectivity index (χ2v) is 9.75. The van der Waals surface area contributed by atoms with Gasteiger partial charge in [0.25, 0.3) is 0 Å². The van der Waals surface area contributed by atoms with E-state index in [0.717, 1.165) is 34.9 Å². The molecule has 0 N–H and O–H groups in total. The van der Waals surface area contributed by atoms with E-state index in [4.69, 9.17) is 46.4 Å². The molecule has 0 unspecified atom stereocenters. The van der Waals surface area contributed by atoms with Gasteiger partial charge < -0.3 is 0 Å². The van der Waals surface area contributed by atoms with E-state index in [0.29, 0.717) is 31.9 Å². The number of benzene rings is 2. The van der Waals surface area contributed by atoms with Gasteiger partial charge in [0.1, 0.15) is 0 Å². The summed E-state index contributed by atoms with van der Waals surface area (Å²) in [5, 5.41) is 12.4. The predicted molar refractivity (Wildman–Crippen MR) is 124 cm³/mol. The summed E-state index contributed by atoms with van der Waals surface area (Å²) in [4.78, 5) is 0. The van der Waals surface area contributed by atoms with Crippen molar-refractivity contribution < 1.29 is 0 Å². The average Bonchev–Trinajstić information content (AvgIpc) is 3.11. The van der Waals surface area contributed by atoms with E-state index in [1.54, 1.807) is 23.9 Å². The van der Waals surface area contributed by atoms with Crippen LogP contribution in [0, 0.1) is 0 Å². The molecule has 2 aromatic carbocycles. The predicted octanol–water partition coefficient (Wildman–Crippen LogP) is 8.36. The van der Waals surface area contributed by atoms with Gasteiger partial charge in [0.15, 0.2) is 11.0 Å². The number of aromatic nitrogens is 3. The summed E-state index contributed by atoms with van der Waals surface area (Å²) in [6.07, 6.45) is 5.93. The van der Waals surface area contributed by atoms with Crippen LogP contribution in [0.4, 0.5) is 0 Å². The van der Waals surface area contributed by atoms with Crippen LogP contribution in [-0.2, 0) is 5.75 Å². The number of hydrogen-bond acceptors (Lipinski definition) is 3. The Balaban J connectivity index is 1.68. The van der Waals surface area contributed by atoms with Gasteiger partial charge in [-0.15, -0.1) is 10.2 Å². The molecule has 0 spiro atoms. The van der Waals surface area contributed by atoms with Crippen molar-refractivity contribution >= 4 is 58.2 Å². The molecule has 0 amide bonds. The first-order chi connectivity index (χ1) is 14.0. The first-order valence-corrected chi connectivity index (χ1v) is 12.0. The largest absolute Gasteiger partial charge is 0.299 e. The van der Waals surface area contributed by atoms with E-state index in [1.807, 2.05) is 24.3 Å². The smallest absolute Gasteiger partial charge is 0.192 e. The third kappa shape index (κ3) is 4.88. The zero-order valence-electron chi connectivity index (χ0n) is 15.5. The van der Waals surface area contributed by atoms with E-state index >= 15 is 0 Å².